The number of rotatable bonds is 5. The third kappa shape index (κ3) is 4.29. The number of nitrogens with one attached hydrogen (secondary N) is 1. The van der Waals surface area contributed by atoms with E-state index in [1.165, 1.54) is 24.0 Å². The third-order valence-corrected chi connectivity index (χ3v) is 5.47. The van der Waals surface area contributed by atoms with Gasteiger partial charge < -0.3 is 10.0 Å². The van der Waals surface area contributed by atoms with Crippen molar-refractivity contribution in [1.29, 1.82) is 0 Å². The minimum absolute atomic E-state index is 0.101. The van der Waals surface area contributed by atoms with Gasteiger partial charge >= 0.3 is 5.97 Å². The van der Waals surface area contributed by atoms with Gasteiger partial charge in [0, 0.05) is 13.1 Å². The summed E-state index contributed by atoms with van der Waals surface area (Å²) in [6, 6.07) is 6.94. The molecule has 1 atom stereocenters. The summed E-state index contributed by atoms with van der Waals surface area (Å²) in [5.41, 5.74) is 0. The van der Waals surface area contributed by atoms with Gasteiger partial charge in [-0.05, 0) is 31.9 Å². The molecular weight excluding hydrogens is 320 g/mol. The number of benzene rings is 1. The van der Waals surface area contributed by atoms with E-state index in [4.69, 9.17) is 5.11 Å². The number of piperidine rings is 1. The van der Waals surface area contributed by atoms with E-state index in [9.17, 15) is 18.0 Å². The molecule has 0 bridgehead atoms. The van der Waals surface area contributed by atoms with Gasteiger partial charge in [-0.25, -0.2) is 8.42 Å². The summed E-state index contributed by atoms with van der Waals surface area (Å²) in [6.45, 7) is 2.15. The zero-order valence-corrected chi connectivity index (χ0v) is 13.6. The molecule has 1 aliphatic heterocycles. The van der Waals surface area contributed by atoms with Gasteiger partial charge in [0.25, 0.3) is 0 Å². The van der Waals surface area contributed by atoms with Crippen molar-refractivity contribution in [1.82, 2.24) is 9.62 Å². The molecule has 1 saturated heterocycles. The number of nitrogens with zero attached hydrogens (tertiary/aromatic N) is 1. The molecule has 0 saturated carbocycles. The average molecular weight is 340 g/mol. The maximum atomic E-state index is 12.3. The Hall–Kier alpha value is -1.93. The average Bonchev–Trinajstić information content (AvgIpc) is 2.54. The molecule has 1 heterocycles. The molecule has 1 aromatic carbocycles. The van der Waals surface area contributed by atoms with Crippen molar-refractivity contribution >= 4 is 21.9 Å². The highest BCUT2D eigenvalue weighted by atomic mass is 32.2. The molecule has 126 valence electrons. The Labute approximate surface area is 135 Å². The van der Waals surface area contributed by atoms with Gasteiger partial charge in [-0.2, -0.15) is 4.72 Å². The Morgan fingerprint density at radius 3 is 2.30 bits per heavy atom. The molecule has 1 amide bonds. The first-order chi connectivity index (χ1) is 10.8. The molecule has 0 unspecified atom stereocenters. The number of hydrogen-bond donors (Lipinski definition) is 2. The molecule has 1 aliphatic rings. The van der Waals surface area contributed by atoms with Crippen LogP contribution >= 0.6 is 0 Å². The van der Waals surface area contributed by atoms with E-state index in [2.05, 4.69) is 4.72 Å². The van der Waals surface area contributed by atoms with Gasteiger partial charge in [-0.1, -0.05) is 18.2 Å². The highest BCUT2D eigenvalue weighted by Gasteiger charge is 2.30. The molecule has 0 aliphatic carbocycles. The van der Waals surface area contributed by atoms with Gasteiger partial charge in [0.1, 0.15) is 0 Å². The summed E-state index contributed by atoms with van der Waals surface area (Å²) >= 11 is 0. The molecule has 8 heteroatoms. The summed E-state index contributed by atoms with van der Waals surface area (Å²) in [7, 11) is -3.76. The van der Waals surface area contributed by atoms with Crippen molar-refractivity contribution in [2.45, 2.75) is 30.7 Å². The van der Waals surface area contributed by atoms with Crippen molar-refractivity contribution in [2.24, 2.45) is 5.92 Å². The number of carboxylic acids is 1. The van der Waals surface area contributed by atoms with E-state index in [1.54, 1.807) is 18.2 Å². The number of sulfonamides is 1. The largest absolute Gasteiger partial charge is 0.481 e. The van der Waals surface area contributed by atoms with E-state index < -0.39 is 28.0 Å². The second kappa shape index (κ2) is 7.10. The van der Waals surface area contributed by atoms with Crippen LogP contribution in [0.15, 0.2) is 35.2 Å². The lowest BCUT2D eigenvalue weighted by molar-refractivity contribution is -0.146. The summed E-state index contributed by atoms with van der Waals surface area (Å²) in [6.07, 6.45) is 0.776. The van der Waals surface area contributed by atoms with Crippen LogP contribution in [0.25, 0.3) is 0 Å². The second-order valence-electron chi connectivity index (χ2n) is 5.59. The summed E-state index contributed by atoms with van der Waals surface area (Å²) in [5, 5.41) is 8.96. The first-order valence-electron chi connectivity index (χ1n) is 7.40. The van der Waals surface area contributed by atoms with Crippen molar-refractivity contribution in [3.8, 4) is 0 Å². The Kier molecular flexibility index (Phi) is 5.38. The number of carbonyl (C=O) groups excluding carboxylic acids is 1. The van der Waals surface area contributed by atoms with E-state index in [0.29, 0.717) is 25.9 Å². The fourth-order valence-electron chi connectivity index (χ4n) is 2.57. The second-order valence-corrected chi connectivity index (χ2v) is 7.31. The first-order valence-corrected chi connectivity index (χ1v) is 8.88. The van der Waals surface area contributed by atoms with Gasteiger partial charge in [0.05, 0.1) is 16.9 Å². The summed E-state index contributed by atoms with van der Waals surface area (Å²) in [5.74, 6) is -1.63. The van der Waals surface area contributed by atoms with Crippen molar-refractivity contribution in [3.05, 3.63) is 30.3 Å². The Balaban J connectivity index is 1.97. The van der Waals surface area contributed by atoms with E-state index in [-0.39, 0.29) is 10.8 Å². The van der Waals surface area contributed by atoms with Crippen LogP contribution in [0.2, 0.25) is 0 Å². The fourth-order valence-corrected chi connectivity index (χ4v) is 3.79. The number of likely N-dealkylation sites (tertiary alicyclic amines) is 1. The Bertz CT molecular complexity index is 666. The summed E-state index contributed by atoms with van der Waals surface area (Å²) in [4.78, 5) is 24.9. The van der Waals surface area contributed by atoms with E-state index >= 15 is 0 Å². The Morgan fingerprint density at radius 1 is 1.22 bits per heavy atom. The van der Waals surface area contributed by atoms with Gasteiger partial charge in [-0.15, -0.1) is 0 Å². The molecule has 1 aromatic rings. The molecule has 2 N–H and O–H groups in total. The van der Waals surface area contributed by atoms with Crippen molar-refractivity contribution < 1.29 is 23.1 Å². The number of amides is 1. The standard InChI is InChI=1S/C15H20N2O5S/c1-11(16-23(21,22)13-5-3-2-4-6-13)14(18)17-9-7-12(8-10-17)15(19)20/h2-6,11-12,16H,7-10H2,1H3,(H,19,20)/t11-/m1/s1. The molecule has 0 radical (unpaired) electrons. The fraction of sp³-hybridized carbons (Fsp3) is 0.467. The van der Waals surface area contributed by atoms with Gasteiger partial charge in [0.15, 0.2) is 0 Å². The van der Waals surface area contributed by atoms with Gasteiger partial charge in [0.2, 0.25) is 15.9 Å². The highest BCUT2D eigenvalue weighted by Crippen LogP contribution is 2.18. The minimum atomic E-state index is -3.76. The zero-order valence-electron chi connectivity index (χ0n) is 12.8. The lowest BCUT2D eigenvalue weighted by Gasteiger charge is -2.32. The van der Waals surface area contributed by atoms with Crippen LogP contribution in [0.3, 0.4) is 0 Å². The van der Waals surface area contributed by atoms with Crippen LogP contribution in [0.1, 0.15) is 19.8 Å². The maximum absolute atomic E-state index is 12.3. The summed E-state index contributed by atoms with van der Waals surface area (Å²) < 4.78 is 26.8. The molecular formula is C15H20N2O5S. The zero-order chi connectivity index (χ0) is 17.0. The molecule has 1 fully saturated rings. The molecule has 7 nitrogen and oxygen atoms in total. The van der Waals surface area contributed by atoms with Crippen molar-refractivity contribution in [2.75, 3.05) is 13.1 Å². The molecule has 0 spiro atoms. The lowest BCUT2D eigenvalue weighted by atomic mass is 9.97. The predicted molar refractivity (Wildman–Crippen MR) is 83.2 cm³/mol. The van der Waals surface area contributed by atoms with Crippen LogP contribution in [-0.2, 0) is 19.6 Å². The van der Waals surface area contributed by atoms with Crippen LogP contribution in [-0.4, -0.2) is 49.4 Å². The molecule has 0 aromatic heterocycles. The van der Waals surface area contributed by atoms with Crippen LogP contribution < -0.4 is 4.72 Å². The Morgan fingerprint density at radius 2 is 1.78 bits per heavy atom. The van der Waals surface area contributed by atoms with E-state index in [1.807, 2.05) is 0 Å². The predicted octanol–water partition coefficient (Wildman–Crippen LogP) is 0.677. The smallest absolute Gasteiger partial charge is 0.306 e. The normalized spacial score (nSPS) is 17.7. The third-order valence-electron chi connectivity index (χ3n) is 3.91. The van der Waals surface area contributed by atoms with Crippen LogP contribution in [0.4, 0.5) is 0 Å². The number of hydrogen-bond acceptors (Lipinski definition) is 4. The topological polar surface area (TPSA) is 104 Å². The van der Waals surface area contributed by atoms with Crippen LogP contribution in [0, 0.1) is 5.92 Å². The quantitative estimate of drug-likeness (QED) is 0.820. The number of carboxylic acid groups (broad SMARTS) is 1. The molecule has 2 rings (SSSR count). The monoisotopic (exact) mass is 340 g/mol. The molecule has 23 heavy (non-hydrogen) atoms. The van der Waals surface area contributed by atoms with E-state index in [0.717, 1.165) is 0 Å². The lowest BCUT2D eigenvalue weighted by Crippen LogP contribution is -2.49. The first kappa shape index (κ1) is 17.4. The number of carbonyl (C=O) groups is 2. The number of aliphatic carboxylic acids is 1. The van der Waals surface area contributed by atoms with Gasteiger partial charge in [-0.3, -0.25) is 9.59 Å². The maximum Gasteiger partial charge on any atom is 0.306 e. The van der Waals surface area contributed by atoms with Crippen LogP contribution in [0.5, 0.6) is 0 Å². The minimum Gasteiger partial charge on any atom is -0.481 e. The van der Waals surface area contributed by atoms with Crippen molar-refractivity contribution in [3.63, 3.8) is 0 Å². The highest BCUT2D eigenvalue weighted by molar-refractivity contribution is 7.89. The SMILES string of the molecule is C[C@@H](NS(=O)(=O)c1ccccc1)C(=O)N1CCC(C(=O)O)CC1.